The van der Waals surface area contributed by atoms with Gasteiger partial charge in [-0.2, -0.15) is 0 Å². The fraction of sp³-hybridized carbons (Fsp3) is 0.579. The lowest BCUT2D eigenvalue weighted by atomic mass is 10.2. The highest BCUT2D eigenvalue weighted by atomic mass is 16.5. The van der Waals surface area contributed by atoms with Crippen molar-refractivity contribution in [1.29, 1.82) is 0 Å². The first-order valence-electron chi connectivity index (χ1n) is 9.32. The molecule has 1 atom stereocenters. The van der Waals surface area contributed by atoms with Crippen LogP contribution in [-0.2, 0) is 9.59 Å². The molecule has 7 heteroatoms. The summed E-state index contributed by atoms with van der Waals surface area (Å²) in [5.41, 5.74) is 1.15. The van der Waals surface area contributed by atoms with Crippen LogP contribution in [0.25, 0.3) is 0 Å². The zero-order valence-electron chi connectivity index (χ0n) is 15.7. The van der Waals surface area contributed by atoms with E-state index in [1.54, 1.807) is 7.11 Å². The van der Waals surface area contributed by atoms with Gasteiger partial charge in [-0.05, 0) is 37.1 Å². The number of amides is 2. The number of anilines is 1. The SMILES string of the molecule is COc1ccc(N2CCN(C(=O)C[NH+](C)CC(=O)NC3CC3)CC2)cc1. The molecule has 0 bridgehead atoms. The normalized spacial score (nSPS) is 18.4. The van der Waals surface area contributed by atoms with Crippen molar-refractivity contribution < 1.29 is 19.2 Å². The minimum absolute atomic E-state index is 0.0436. The summed E-state index contributed by atoms with van der Waals surface area (Å²) in [6, 6.07) is 8.38. The summed E-state index contributed by atoms with van der Waals surface area (Å²) in [4.78, 5) is 29.4. The molecule has 1 heterocycles. The van der Waals surface area contributed by atoms with Crippen molar-refractivity contribution in [3.63, 3.8) is 0 Å². The van der Waals surface area contributed by atoms with Gasteiger partial charge in [0, 0.05) is 37.9 Å². The van der Waals surface area contributed by atoms with Gasteiger partial charge in [0.1, 0.15) is 5.75 Å². The number of nitrogens with zero attached hydrogens (tertiary/aromatic N) is 2. The van der Waals surface area contributed by atoms with E-state index in [4.69, 9.17) is 4.74 Å². The molecule has 1 unspecified atom stereocenters. The number of benzene rings is 1. The van der Waals surface area contributed by atoms with E-state index in [2.05, 4.69) is 10.2 Å². The molecule has 26 heavy (non-hydrogen) atoms. The second-order valence-corrected chi connectivity index (χ2v) is 7.22. The molecule has 1 aliphatic carbocycles. The molecule has 1 aliphatic heterocycles. The predicted octanol–water partition coefficient (Wildman–Crippen LogP) is -0.863. The number of hydrogen-bond acceptors (Lipinski definition) is 4. The molecule has 1 saturated carbocycles. The zero-order chi connectivity index (χ0) is 18.5. The van der Waals surface area contributed by atoms with Gasteiger partial charge in [0.2, 0.25) is 0 Å². The van der Waals surface area contributed by atoms with Crippen LogP contribution in [0.2, 0.25) is 0 Å². The molecule has 1 aromatic carbocycles. The molecule has 3 rings (SSSR count). The predicted molar refractivity (Wildman–Crippen MR) is 99.6 cm³/mol. The van der Waals surface area contributed by atoms with Gasteiger partial charge in [0.05, 0.1) is 14.2 Å². The maximum Gasteiger partial charge on any atom is 0.277 e. The van der Waals surface area contributed by atoms with E-state index in [1.165, 1.54) is 0 Å². The number of piperazine rings is 1. The maximum absolute atomic E-state index is 12.5. The first-order chi connectivity index (χ1) is 12.5. The van der Waals surface area contributed by atoms with Crippen molar-refractivity contribution in [2.45, 2.75) is 18.9 Å². The smallest absolute Gasteiger partial charge is 0.277 e. The van der Waals surface area contributed by atoms with Gasteiger partial charge in [0.15, 0.2) is 13.1 Å². The standard InChI is InChI=1S/C19H28N4O3/c1-21(13-18(24)20-15-3-4-15)14-19(25)23-11-9-22(10-12-23)16-5-7-17(26-2)8-6-16/h5-8,15H,3-4,9-14H2,1-2H3,(H,20,24)/p+1. The Balaban J connectivity index is 1.41. The Morgan fingerprint density at radius 1 is 1.12 bits per heavy atom. The number of nitrogens with one attached hydrogen (secondary N) is 2. The van der Waals surface area contributed by atoms with Crippen LogP contribution in [0.3, 0.4) is 0 Å². The number of ether oxygens (including phenoxy) is 1. The van der Waals surface area contributed by atoms with Gasteiger partial charge in [-0.15, -0.1) is 0 Å². The molecule has 2 N–H and O–H groups in total. The molecular formula is C19H29N4O3+. The van der Waals surface area contributed by atoms with E-state index in [0.29, 0.717) is 32.2 Å². The van der Waals surface area contributed by atoms with Gasteiger partial charge in [-0.1, -0.05) is 0 Å². The van der Waals surface area contributed by atoms with Crippen LogP contribution in [0.15, 0.2) is 24.3 Å². The molecule has 2 aliphatic rings. The lowest BCUT2D eigenvalue weighted by Gasteiger charge is -2.36. The molecule has 142 valence electrons. The molecule has 2 fully saturated rings. The van der Waals surface area contributed by atoms with Crippen LogP contribution in [0, 0.1) is 0 Å². The van der Waals surface area contributed by atoms with E-state index < -0.39 is 0 Å². The van der Waals surface area contributed by atoms with E-state index in [-0.39, 0.29) is 11.8 Å². The van der Waals surface area contributed by atoms with Crippen molar-refractivity contribution in [2.24, 2.45) is 0 Å². The Morgan fingerprint density at radius 3 is 2.35 bits per heavy atom. The first-order valence-corrected chi connectivity index (χ1v) is 9.32. The quantitative estimate of drug-likeness (QED) is 0.663. The van der Waals surface area contributed by atoms with Crippen molar-refractivity contribution in [1.82, 2.24) is 10.2 Å². The van der Waals surface area contributed by atoms with Gasteiger partial charge >= 0.3 is 0 Å². The Kier molecular flexibility index (Phi) is 5.98. The second kappa shape index (κ2) is 8.40. The van der Waals surface area contributed by atoms with Crippen LogP contribution < -0.4 is 19.9 Å². The van der Waals surface area contributed by atoms with E-state index in [1.807, 2.05) is 36.2 Å². The van der Waals surface area contributed by atoms with E-state index in [9.17, 15) is 9.59 Å². The number of likely N-dealkylation sites (N-methyl/N-ethyl adjacent to an activating group) is 1. The monoisotopic (exact) mass is 361 g/mol. The van der Waals surface area contributed by atoms with Crippen LogP contribution in [0.4, 0.5) is 5.69 Å². The van der Waals surface area contributed by atoms with Gasteiger partial charge in [0.25, 0.3) is 11.8 Å². The highest BCUT2D eigenvalue weighted by molar-refractivity contribution is 5.79. The second-order valence-electron chi connectivity index (χ2n) is 7.22. The van der Waals surface area contributed by atoms with Crippen molar-refractivity contribution in [2.75, 3.05) is 58.3 Å². The Labute approximate surface area is 154 Å². The Bertz CT molecular complexity index is 622. The van der Waals surface area contributed by atoms with Crippen LogP contribution in [-0.4, -0.2) is 76.2 Å². The van der Waals surface area contributed by atoms with Gasteiger partial charge in [-0.25, -0.2) is 0 Å². The average Bonchev–Trinajstić information content (AvgIpc) is 3.45. The van der Waals surface area contributed by atoms with Crippen molar-refractivity contribution in [3.8, 4) is 5.75 Å². The van der Waals surface area contributed by atoms with Crippen LogP contribution in [0.5, 0.6) is 5.75 Å². The average molecular weight is 361 g/mol. The summed E-state index contributed by atoms with van der Waals surface area (Å²) in [6.07, 6.45) is 2.17. The lowest BCUT2D eigenvalue weighted by molar-refractivity contribution is -0.863. The number of rotatable bonds is 7. The third-order valence-corrected chi connectivity index (χ3v) is 4.93. The molecule has 0 aromatic heterocycles. The summed E-state index contributed by atoms with van der Waals surface area (Å²) in [7, 11) is 3.56. The number of carbonyl (C=O) groups is 2. The van der Waals surface area contributed by atoms with E-state index in [0.717, 1.165) is 42.3 Å². The zero-order valence-corrected chi connectivity index (χ0v) is 15.7. The summed E-state index contributed by atoms with van der Waals surface area (Å²) in [5.74, 6) is 1.01. The number of hydrogen-bond donors (Lipinski definition) is 2. The first kappa shape index (κ1) is 18.5. The summed E-state index contributed by atoms with van der Waals surface area (Å²) in [5, 5.41) is 2.97. The summed E-state index contributed by atoms with van der Waals surface area (Å²) >= 11 is 0. The lowest BCUT2D eigenvalue weighted by Crippen LogP contribution is -3.11. The number of carbonyl (C=O) groups excluding carboxylic acids is 2. The third-order valence-electron chi connectivity index (χ3n) is 4.93. The van der Waals surface area contributed by atoms with Crippen molar-refractivity contribution in [3.05, 3.63) is 24.3 Å². The largest absolute Gasteiger partial charge is 0.497 e. The minimum atomic E-state index is 0.0436. The fourth-order valence-corrected chi connectivity index (χ4v) is 3.22. The highest BCUT2D eigenvalue weighted by Gasteiger charge is 2.27. The molecule has 0 radical (unpaired) electrons. The van der Waals surface area contributed by atoms with Crippen LogP contribution >= 0.6 is 0 Å². The molecule has 2 amide bonds. The summed E-state index contributed by atoms with van der Waals surface area (Å²) in [6.45, 7) is 3.78. The molecule has 1 aromatic rings. The van der Waals surface area contributed by atoms with Gasteiger partial charge in [-0.3, -0.25) is 9.59 Å². The van der Waals surface area contributed by atoms with Crippen LogP contribution in [0.1, 0.15) is 12.8 Å². The fourth-order valence-electron chi connectivity index (χ4n) is 3.22. The van der Waals surface area contributed by atoms with E-state index >= 15 is 0 Å². The third kappa shape index (κ3) is 5.11. The Hall–Kier alpha value is -2.28. The highest BCUT2D eigenvalue weighted by Crippen LogP contribution is 2.20. The van der Waals surface area contributed by atoms with Gasteiger partial charge < -0.3 is 24.8 Å². The number of quaternary nitrogens is 1. The number of methoxy groups -OCH3 is 1. The summed E-state index contributed by atoms with van der Waals surface area (Å²) < 4.78 is 5.19. The Morgan fingerprint density at radius 2 is 1.77 bits per heavy atom. The van der Waals surface area contributed by atoms with Crippen molar-refractivity contribution >= 4 is 17.5 Å². The molecule has 7 nitrogen and oxygen atoms in total. The molecule has 0 spiro atoms. The topological polar surface area (TPSA) is 66.3 Å². The molecule has 1 saturated heterocycles. The molecular weight excluding hydrogens is 332 g/mol. The minimum Gasteiger partial charge on any atom is -0.497 e. The maximum atomic E-state index is 12.5.